The number of hydrogen-bond donors (Lipinski definition) is 1. The fourth-order valence-electron chi connectivity index (χ4n) is 4.29. The lowest BCUT2D eigenvalue weighted by molar-refractivity contribution is 0.0239. The minimum atomic E-state index is -0.319. The second-order valence-corrected chi connectivity index (χ2v) is 7.23. The number of carbonyl (C=O) groups is 1. The fourth-order valence-corrected chi connectivity index (χ4v) is 4.29. The van der Waals surface area contributed by atoms with E-state index >= 15 is 0 Å². The molecule has 0 radical (unpaired) electrons. The highest BCUT2D eigenvalue weighted by molar-refractivity contribution is 5.97. The molecule has 1 N–H and O–H groups in total. The molecule has 0 amide bonds. The molecule has 1 aromatic heterocycles. The highest BCUT2D eigenvalue weighted by Crippen LogP contribution is 2.29. The molecule has 2 heterocycles. The molecule has 2 aliphatic rings. The van der Waals surface area contributed by atoms with E-state index in [1.165, 1.54) is 11.1 Å². The van der Waals surface area contributed by atoms with Crippen molar-refractivity contribution in [3.63, 3.8) is 0 Å². The number of nitrogens with zero attached hydrogens (tertiary/aromatic N) is 2. The summed E-state index contributed by atoms with van der Waals surface area (Å²) in [4.78, 5) is 19.0. The van der Waals surface area contributed by atoms with Crippen LogP contribution in [0.15, 0.2) is 48.8 Å². The maximum absolute atomic E-state index is 12.6. The van der Waals surface area contributed by atoms with E-state index in [1.807, 2.05) is 18.2 Å². The molecule has 1 aliphatic carbocycles. The average molecular weight is 336 g/mol. The second kappa shape index (κ2) is 7.06. The van der Waals surface area contributed by atoms with Crippen molar-refractivity contribution in [2.75, 3.05) is 13.1 Å². The number of likely N-dealkylation sites (tertiary alicyclic amines) is 1. The van der Waals surface area contributed by atoms with Crippen molar-refractivity contribution in [2.24, 2.45) is 5.92 Å². The molecule has 4 nitrogen and oxygen atoms in total. The van der Waals surface area contributed by atoms with Gasteiger partial charge in [0.15, 0.2) is 5.78 Å². The van der Waals surface area contributed by atoms with Gasteiger partial charge in [0.2, 0.25) is 0 Å². The first-order chi connectivity index (χ1) is 12.2. The van der Waals surface area contributed by atoms with Crippen LogP contribution < -0.4 is 0 Å². The average Bonchev–Trinajstić information content (AvgIpc) is 2.68. The number of pyridine rings is 1. The van der Waals surface area contributed by atoms with Crippen LogP contribution >= 0.6 is 0 Å². The molecular formula is C21H24N2O2. The van der Waals surface area contributed by atoms with Gasteiger partial charge in [-0.05, 0) is 55.6 Å². The van der Waals surface area contributed by atoms with Gasteiger partial charge in [-0.1, -0.05) is 24.3 Å². The summed E-state index contributed by atoms with van der Waals surface area (Å²) in [6.45, 7) is 1.75. The number of fused-ring (bicyclic) bond motifs is 1. The van der Waals surface area contributed by atoms with Gasteiger partial charge in [0.05, 0.1) is 6.10 Å². The first-order valence-corrected chi connectivity index (χ1v) is 9.15. The molecule has 1 aromatic carbocycles. The van der Waals surface area contributed by atoms with Crippen LogP contribution in [-0.2, 0) is 12.8 Å². The summed E-state index contributed by atoms with van der Waals surface area (Å²) < 4.78 is 0. The van der Waals surface area contributed by atoms with Gasteiger partial charge in [0, 0.05) is 36.3 Å². The van der Waals surface area contributed by atoms with Crippen molar-refractivity contribution < 1.29 is 9.90 Å². The van der Waals surface area contributed by atoms with Crippen LogP contribution in [0.3, 0.4) is 0 Å². The summed E-state index contributed by atoms with van der Waals surface area (Å²) in [6.07, 6.45) is 6.39. The molecule has 1 saturated heterocycles. The molecule has 130 valence electrons. The first-order valence-electron chi connectivity index (χ1n) is 9.15. The predicted octanol–water partition coefficient (Wildman–Crippen LogP) is 2.50. The van der Waals surface area contributed by atoms with Crippen LogP contribution in [0.2, 0.25) is 0 Å². The van der Waals surface area contributed by atoms with E-state index in [1.54, 1.807) is 12.4 Å². The summed E-state index contributed by atoms with van der Waals surface area (Å²) in [5, 5.41) is 10.6. The van der Waals surface area contributed by atoms with E-state index in [0.29, 0.717) is 5.56 Å². The number of aliphatic hydroxyl groups is 1. The van der Waals surface area contributed by atoms with E-state index in [0.717, 1.165) is 38.8 Å². The van der Waals surface area contributed by atoms with Gasteiger partial charge < -0.3 is 5.11 Å². The Morgan fingerprint density at radius 2 is 1.76 bits per heavy atom. The third-order valence-electron chi connectivity index (χ3n) is 5.74. The Labute approximate surface area is 148 Å². The van der Waals surface area contributed by atoms with Crippen LogP contribution in [0, 0.1) is 5.92 Å². The van der Waals surface area contributed by atoms with Gasteiger partial charge in [-0.15, -0.1) is 0 Å². The number of Topliss-reactive ketones (excluding diaryl/α,β-unsaturated/α-hetero) is 1. The molecule has 2 atom stereocenters. The minimum Gasteiger partial charge on any atom is -0.391 e. The number of benzene rings is 1. The Morgan fingerprint density at radius 1 is 1.04 bits per heavy atom. The molecule has 0 spiro atoms. The maximum atomic E-state index is 12.6. The zero-order valence-corrected chi connectivity index (χ0v) is 14.3. The zero-order valence-electron chi connectivity index (χ0n) is 14.3. The molecule has 4 heteroatoms. The Morgan fingerprint density at radius 3 is 2.44 bits per heavy atom. The number of aromatic nitrogens is 1. The fraction of sp³-hybridized carbons (Fsp3) is 0.429. The van der Waals surface area contributed by atoms with E-state index in [-0.39, 0.29) is 23.8 Å². The van der Waals surface area contributed by atoms with Gasteiger partial charge >= 0.3 is 0 Å². The smallest absolute Gasteiger partial charge is 0.167 e. The summed E-state index contributed by atoms with van der Waals surface area (Å²) in [7, 11) is 0. The van der Waals surface area contributed by atoms with E-state index < -0.39 is 0 Å². The monoisotopic (exact) mass is 336 g/mol. The number of hydrogen-bond acceptors (Lipinski definition) is 4. The molecule has 0 bridgehead atoms. The van der Waals surface area contributed by atoms with Gasteiger partial charge in [-0.3, -0.25) is 14.7 Å². The Kier molecular flexibility index (Phi) is 4.64. The lowest BCUT2D eigenvalue weighted by Crippen LogP contribution is -2.51. The highest BCUT2D eigenvalue weighted by Gasteiger charge is 2.35. The quantitative estimate of drug-likeness (QED) is 0.875. The van der Waals surface area contributed by atoms with Crippen molar-refractivity contribution in [1.82, 2.24) is 9.88 Å². The minimum absolute atomic E-state index is 0.0773. The normalized spacial score (nSPS) is 24.7. The molecule has 25 heavy (non-hydrogen) atoms. The summed E-state index contributed by atoms with van der Waals surface area (Å²) >= 11 is 0. The third kappa shape index (κ3) is 3.37. The standard InChI is InChI=1S/C21H24N2O2/c24-20-13-17-5-2-1-4-16(17)12-19(20)23-10-7-15(8-11-23)21(25)18-6-3-9-22-14-18/h1-6,9,14-15,19-20,24H,7-8,10-13H2/t19-,20-/m0/s1. The number of carbonyl (C=O) groups excluding carboxylic acids is 1. The van der Waals surface area contributed by atoms with Crippen LogP contribution in [0.25, 0.3) is 0 Å². The number of piperidine rings is 1. The van der Waals surface area contributed by atoms with Crippen LogP contribution in [0.4, 0.5) is 0 Å². The molecule has 0 saturated carbocycles. The van der Waals surface area contributed by atoms with Crippen LogP contribution in [0.1, 0.15) is 34.3 Å². The molecule has 1 aliphatic heterocycles. The van der Waals surface area contributed by atoms with Gasteiger partial charge in [0.25, 0.3) is 0 Å². The largest absolute Gasteiger partial charge is 0.391 e. The molecule has 0 unspecified atom stereocenters. The number of rotatable bonds is 3. The van der Waals surface area contributed by atoms with Crippen LogP contribution in [-0.4, -0.2) is 46.0 Å². The molecular weight excluding hydrogens is 312 g/mol. The summed E-state index contributed by atoms with van der Waals surface area (Å²) in [5.74, 6) is 0.288. The zero-order chi connectivity index (χ0) is 17.2. The number of ketones is 1. The first kappa shape index (κ1) is 16.4. The molecule has 1 fully saturated rings. The Balaban J connectivity index is 1.40. The van der Waals surface area contributed by atoms with Gasteiger partial charge in [0.1, 0.15) is 0 Å². The highest BCUT2D eigenvalue weighted by atomic mass is 16.3. The second-order valence-electron chi connectivity index (χ2n) is 7.23. The molecule has 2 aromatic rings. The van der Waals surface area contributed by atoms with E-state index in [9.17, 15) is 9.90 Å². The van der Waals surface area contributed by atoms with E-state index in [2.05, 4.69) is 28.1 Å². The predicted molar refractivity (Wildman–Crippen MR) is 96.5 cm³/mol. The van der Waals surface area contributed by atoms with Gasteiger partial charge in [-0.25, -0.2) is 0 Å². The van der Waals surface area contributed by atoms with Crippen molar-refractivity contribution in [3.05, 3.63) is 65.5 Å². The van der Waals surface area contributed by atoms with Gasteiger partial charge in [-0.2, -0.15) is 0 Å². The van der Waals surface area contributed by atoms with Crippen molar-refractivity contribution >= 4 is 5.78 Å². The molecule has 4 rings (SSSR count). The van der Waals surface area contributed by atoms with Crippen molar-refractivity contribution in [1.29, 1.82) is 0 Å². The lowest BCUT2D eigenvalue weighted by atomic mass is 9.83. The lowest BCUT2D eigenvalue weighted by Gasteiger charge is -2.41. The topological polar surface area (TPSA) is 53.4 Å². The third-order valence-corrected chi connectivity index (χ3v) is 5.74. The van der Waals surface area contributed by atoms with E-state index in [4.69, 9.17) is 0 Å². The Bertz CT molecular complexity index is 739. The maximum Gasteiger partial charge on any atom is 0.167 e. The number of aliphatic hydroxyl groups excluding tert-OH is 1. The summed E-state index contributed by atoms with van der Waals surface area (Å²) in [6, 6.07) is 12.3. The van der Waals surface area contributed by atoms with Crippen LogP contribution in [0.5, 0.6) is 0 Å². The Hall–Kier alpha value is -2.04. The van der Waals surface area contributed by atoms with Crippen molar-refractivity contribution in [2.45, 2.75) is 37.8 Å². The summed E-state index contributed by atoms with van der Waals surface area (Å²) in [5.41, 5.74) is 3.34. The SMILES string of the molecule is O=C(c1cccnc1)C1CCN([C@H]2Cc3ccccc3C[C@@H]2O)CC1. The van der Waals surface area contributed by atoms with Crippen molar-refractivity contribution in [3.8, 4) is 0 Å².